The fourth-order valence-corrected chi connectivity index (χ4v) is 5.06. The summed E-state index contributed by atoms with van der Waals surface area (Å²) in [5.74, 6) is 5.72. The number of fused-ring (bicyclic) bond motifs is 1. The van der Waals surface area contributed by atoms with Crippen LogP contribution < -0.4 is 15.4 Å². The second-order valence-electron chi connectivity index (χ2n) is 9.51. The molecule has 1 aliphatic rings. The van der Waals surface area contributed by atoms with Gasteiger partial charge in [0, 0.05) is 31.6 Å². The number of piperidine rings is 1. The number of pyridine rings is 1. The molecule has 0 amide bonds. The standard InChI is InChI=1S/C27H29F4N5O3S/c1-17(27(29,30)31)25-22(7-5-12-32-21-10-9-18(40(4,37)38)15-24(21)39-3)34-26-23(8-6-13-36(25)26)33-20-11-14-35(2)16-19(20)28/h6,8-10,13,15,19-20,32-33H,1,11-12,14,16H2,2-4H3/t19-,20+/m0/s1. The quantitative estimate of drug-likeness (QED) is 0.320. The molecule has 4 rings (SSSR count). The Hall–Kier alpha value is -3.76. The van der Waals surface area contributed by atoms with Crippen molar-refractivity contribution in [1.29, 1.82) is 0 Å². The van der Waals surface area contributed by atoms with Crippen LogP contribution >= 0.6 is 0 Å². The normalized spacial score (nSPS) is 18.2. The van der Waals surface area contributed by atoms with Gasteiger partial charge in [-0.1, -0.05) is 12.5 Å². The van der Waals surface area contributed by atoms with Crippen molar-refractivity contribution in [3.05, 3.63) is 54.5 Å². The highest BCUT2D eigenvalue weighted by atomic mass is 32.2. The molecule has 0 aliphatic carbocycles. The molecule has 1 aromatic carbocycles. The maximum absolute atomic E-state index is 14.7. The molecule has 214 valence electrons. The minimum absolute atomic E-state index is 0.00931. The van der Waals surface area contributed by atoms with Gasteiger partial charge >= 0.3 is 6.18 Å². The van der Waals surface area contributed by atoms with Gasteiger partial charge in [0.1, 0.15) is 17.6 Å². The number of halogens is 4. The van der Waals surface area contributed by atoms with Gasteiger partial charge in [-0.05, 0) is 43.7 Å². The zero-order valence-corrected chi connectivity index (χ0v) is 23.0. The summed E-state index contributed by atoms with van der Waals surface area (Å²) in [5.41, 5.74) is -0.561. The Kier molecular flexibility index (Phi) is 8.32. The van der Waals surface area contributed by atoms with Crippen molar-refractivity contribution in [3.63, 3.8) is 0 Å². The monoisotopic (exact) mass is 579 g/mol. The third-order valence-electron chi connectivity index (χ3n) is 6.54. The van der Waals surface area contributed by atoms with Crippen LogP contribution in [0.5, 0.6) is 5.75 Å². The maximum atomic E-state index is 14.7. The van der Waals surface area contributed by atoms with Crippen LogP contribution in [0, 0.1) is 11.8 Å². The number of imidazole rings is 1. The third-order valence-corrected chi connectivity index (χ3v) is 7.65. The Morgan fingerprint density at radius 2 is 2.02 bits per heavy atom. The van der Waals surface area contributed by atoms with Gasteiger partial charge in [0.25, 0.3) is 0 Å². The van der Waals surface area contributed by atoms with Crippen molar-refractivity contribution in [2.75, 3.05) is 50.7 Å². The first-order valence-electron chi connectivity index (χ1n) is 12.3. The number of nitrogens with one attached hydrogen (secondary N) is 2. The summed E-state index contributed by atoms with van der Waals surface area (Å²) in [4.78, 5) is 6.33. The highest BCUT2D eigenvalue weighted by Gasteiger charge is 2.37. The summed E-state index contributed by atoms with van der Waals surface area (Å²) in [6, 6.07) is 6.95. The number of likely N-dealkylation sites (tertiary alicyclic amines) is 1. The number of rotatable bonds is 7. The fourth-order valence-electron chi connectivity index (χ4n) is 4.42. The highest BCUT2D eigenvalue weighted by molar-refractivity contribution is 7.90. The molecule has 2 aromatic heterocycles. The minimum atomic E-state index is -4.74. The van der Waals surface area contributed by atoms with E-state index in [0.29, 0.717) is 24.3 Å². The van der Waals surface area contributed by atoms with Gasteiger partial charge in [-0.25, -0.2) is 17.8 Å². The second kappa shape index (κ2) is 11.4. The Morgan fingerprint density at radius 3 is 2.67 bits per heavy atom. The number of nitrogens with zero attached hydrogens (tertiary/aromatic N) is 3. The van der Waals surface area contributed by atoms with Crippen LogP contribution in [-0.2, 0) is 9.84 Å². The van der Waals surface area contributed by atoms with Gasteiger partial charge in [-0.3, -0.25) is 4.40 Å². The van der Waals surface area contributed by atoms with Crippen LogP contribution in [0.15, 0.2) is 48.0 Å². The summed E-state index contributed by atoms with van der Waals surface area (Å²) < 4.78 is 86.1. The fraction of sp³-hybridized carbons (Fsp3) is 0.370. The van der Waals surface area contributed by atoms with Crippen molar-refractivity contribution in [3.8, 4) is 17.6 Å². The van der Waals surface area contributed by atoms with E-state index < -0.39 is 33.8 Å². The minimum Gasteiger partial charge on any atom is -0.495 e. The van der Waals surface area contributed by atoms with Crippen molar-refractivity contribution in [1.82, 2.24) is 14.3 Å². The van der Waals surface area contributed by atoms with Crippen LogP contribution in [0.4, 0.5) is 28.9 Å². The van der Waals surface area contributed by atoms with Crippen LogP contribution in [0.1, 0.15) is 17.8 Å². The van der Waals surface area contributed by atoms with E-state index in [-0.39, 0.29) is 40.8 Å². The molecule has 0 spiro atoms. The summed E-state index contributed by atoms with van der Waals surface area (Å²) in [5, 5.41) is 6.08. The molecule has 8 nitrogen and oxygen atoms in total. The van der Waals surface area contributed by atoms with E-state index in [0.717, 1.165) is 6.26 Å². The number of hydrogen-bond donors (Lipinski definition) is 2. The Bertz CT molecular complexity index is 1590. The lowest BCUT2D eigenvalue weighted by molar-refractivity contribution is -0.0689. The Morgan fingerprint density at radius 1 is 1.27 bits per heavy atom. The van der Waals surface area contributed by atoms with E-state index in [2.05, 4.69) is 34.0 Å². The van der Waals surface area contributed by atoms with Crippen molar-refractivity contribution in [2.24, 2.45) is 0 Å². The molecule has 0 radical (unpaired) electrons. The lowest BCUT2D eigenvalue weighted by Crippen LogP contribution is -2.46. The highest BCUT2D eigenvalue weighted by Crippen LogP contribution is 2.35. The summed E-state index contributed by atoms with van der Waals surface area (Å²) >= 11 is 0. The summed E-state index contributed by atoms with van der Waals surface area (Å²) in [6.07, 6.45) is -2.87. The van der Waals surface area contributed by atoms with Crippen LogP contribution in [0.3, 0.4) is 0 Å². The van der Waals surface area contributed by atoms with Gasteiger partial charge in [0.05, 0.1) is 47.2 Å². The predicted octanol–water partition coefficient (Wildman–Crippen LogP) is 4.24. The van der Waals surface area contributed by atoms with Gasteiger partial charge in [-0.2, -0.15) is 13.2 Å². The van der Waals surface area contributed by atoms with E-state index >= 15 is 0 Å². The number of anilines is 2. The molecule has 3 aromatic rings. The largest absolute Gasteiger partial charge is 0.495 e. The molecule has 2 atom stereocenters. The van der Waals surface area contributed by atoms with Crippen LogP contribution in [-0.4, -0.2) is 81.1 Å². The lowest BCUT2D eigenvalue weighted by atomic mass is 10.0. The predicted molar refractivity (Wildman–Crippen MR) is 146 cm³/mol. The molecule has 0 saturated carbocycles. The maximum Gasteiger partial charge on any atom is 0.417 e. The van der Waals surface area contributed by atoms with Crippen LogP contribution in [0.25, 0.3) is 11.2 Å². The summed E-state index contributed by atoms with van der Waals surface area (Å²) in [6.45, 7) is 4.17. The molecule has 1 aliphatic heterocycles. The van der Waals surface area contributed by atoms with Gasteiger partial charge in [-0.15, -0.1) is 0 Å². The smallest absolute Gasteiger partial charge is 0.417 e. The number of hydrogen-bond acceptors (Lipinski definition) is 7. The number of benzene rings is 1. The number of methoxy groups -OCH3 is 1. The third kappa shape index (κ3) is 6.34. The zero-order chi connectivity index (χ0) is 29.2. The first-order valence-corrected chi connectivity index (χ1v) is 14.2. The van der Waals surface area contributed by atoms with Crippen LogP contribution in [0.2, 0.25) is 0 Å². The topological polar surface area (TPSA) is 88.0 Å². The molecule has 40 heavy (non-hydrogen) atoms. The van der Waals surface area contributed by atoms with Crippen molar-refractivity contribution >= 4 is 32.4 Å². The molecule has 3 heterocycles. The van der Waals surface area contributed by atoms with E-state index in [1.54, 1.807) is 12.1 Å². The number of ether oxygens (including phenoxy) is 1. The molecule has 0 bridgehead atoms. The molecule has 1 fully saturated rings. The molecular formula is C27H29F4N5O3S. The number of allylic oxidation sites excluding steroid dienone is 1. The average molecular weight is 580 g/mol. The van der Waals surface area contributed by atoms with Gasteiger partial charge < -0.3 is 20.3 Å². The second-order valence-corrected chi connectivity index (χ2v) is 11.5. The van der Waals surface area contributed by atoms with Gasteiger partial charge in [0.2, 0.25) is 0 Å². The number of alkyl halides is 4. The lowest BCUT2D eigenvalue weighted by Gasteiger charge is -2.33. The molecule has 13 heteroatoms. The average Bonchev–Trinajstić information content (AvgIpc) is 3.25. The number of aromatic nitrogens is 2. The molecule has 2 N–H and O–H groups in total. The van der Waals surface area contributed by atoms with Crippen molar-refractivity contribution in [2.45, 2.75) is 29.7 Å². The van der Waals surface area contributed by atoms with E-state index in [4.69, 9.17) is 4.74 Å². The number of sulfone groups is 1. The van der Waals surface area contributed by atoms with Gasteiger partial charge in [0.15, 0.2) is 15.5 Å². The summed E-state index contributed by atoms with van der Waals surface area (Å²) in [7, 11) is -0.236. The van der Waals surface area contributed by atoms with E-state index in [9.17, 15) is 26.0 Å². The van der Waals surface area contributed by atoms with E-state index in [1.165, 1.54) is 35.9 Å². The molecular weight excluding hydrogens is 550 g/mol. The Labute approximate surface area is 229 Å². The molecule has 1 saturated heterocycles. The molecule has 0 unspecified atom stereocenters. The Balaban J connectivity index is 1.65. The first-order chi connectivity index (χ1) is 18.8. The SMILES string of the molecule is C=C(c1c(C#CCNc2ccc(S(C)(=O)=O)cc2OC)nc2c(N[C@@H]3CCN(C)C[C@@H]3F)cccn12)C(F)(F)F. The van der Waals surface area contributed by atoms with E-state index in [1.807, 2.05) is 11.9 Å². The van der Waals surface area contributed by atoms with Crippen molar-refractivity contribution < 1.29 is 30.7 Å². The first kappa shape index (κ1) is 29.2. The zero-order valence-electron chi connectivity index (χ0n) is 22.1.